The van der Waals surface area contributed by atoms with Crippen LogP contribution in [-0.4, -0.2) is 11.5 Å². The maximum atomic E-state index is 4.03. The zero-order valence-corrected chi connectivity index (χ0v) is 10.6. The number of aromatic nitrogens is 1. The molecule has 92 valence electrons. The lowest BCUT2D eigenvalue weighted by molar-refractivity contribution is 0.618. The van der Waals surface area contributed by atoms with E-state index in [1.165, 1.54) is 16.7 Å². The second kappa shape index (κ2) is 6.12. The third-order valence-corrected chi connectivity index (χ3v) is 2.99. The first kappa shape index (κ1) is 12.5. The number of hydrogen-bond acceptors (Lipinski definition) is 2. The lowest BCUT2D eigenvalue weighted by Crippen LogP contribution is -2.18. The van der Waals surface area contributed by atoms with E-state index >= 15 is 0 Å². The molecule has 1 aromatic carbocycles. The lowest BCUT2D eigenvalue weighted by Gasteiger charge is -2.13. The molecule has 2 nitrogen and oxygen atoms in total. The highest BCUT2D eigenvalue weighted by Crippen LogP contribution is 2.21. The molecule has 1 aromatic heterocycles. The Morgan fingerprint density at radius 2 is 1.72 bits per heavy atom. The Bertz CT molecular complexity index is 488. The number of nitrogens with one attached hydrogen (secondary N) is 1. The van der Waals surface area contributed by atoms with Gasteiger partial charge in [0.05, 0.1) is 0 Å². The predicted molar refractivity (Wildman–Crippen MR) is 76.3 cm³/mol. The molecule has 18 heavy (non-hydrogen) atoms. The average Bonchev–Trinajstić information content (AvgIpc) is 2.46. The summed E-state index contributed by atoms with van der Waals surface area (Å²) in [5.41, 5.74) is 3.70. The molecule has 0 spiro atoms. The van der Waals surface area contributed by atoms with Gasteiger partial charge in [-0.25, -0.2) is 0 Å². The minimum atomic E-state index is 0.342. The molecule has 0 aliphatic carbocycles. The van der Waals surface area contributed by atoms with Gasteiger partial charge in [-0.3, -0.25) is 4.98 Å². The largest absolute Gasteiger partial charge is 0.307 e. The molecule has 0 bridgehead atoms. The number of hydrogen-bond donors (Lipinski definition) is 1. The predicted octanol–water partition coefficient (Wildman–Crippen LogP) is 3.59. The van der Waals surface area contributed by atoms with Gasteiger partial charge in [0.15, 0.2) is 0 Å². The summed E-state index contributed by atoms with van der Waals surface area (Å²) in [5.74, 6) is 0. The molecule has 2 rings (SSSR count). The van der Waals surface area contributed by atoms with Crippen molar-refractivity contribution in [3.05, 3.63) is 67.0 Å². The Hall–Kier alpha value is -1.93. The average molecular weight is 238 g/mol. The van der Waals surface area contributed by atoms with Gasteiger partial charge in [-0.05, 0) is 35.7 Å². The molecule has 0 saturated heterocycles. The van der Waals surface area contributed by atoms with Gasteiger partial charge in [0, 0.05) is 25.0 Å². The summed E-state index contributed by atoms with van der Waals surface area (Å²) in [7, 11) is 0. The van der Waals surface area contributed by atoms with Crippen LogP contribution in [0.15, 0.2) is 61.4 Å². The van der Waals surface area contributed by atoms with Gasteiger partial charge in [0.25, 0.3) is 0 Å². The van der Waals surface area contributed by atoms with E-state index in [0.717, 1.165) is 6.54 Å². The highest BCUT2D eigenvalue weighted by atomic mass is 14.9. The monoisotopic (exact) mass is 238 g/mol. The van der Waals surface area contributed by atoms with Gasteiger partial charge in [0.1, 0.15) is 0 Å². The molecule has 0 fully saturated rings. The Balaban J connectivity index is 2.13. The van der Waals surface area contributed by atoms with Crippen LogP contribution in [0.3, 0.4) is 0 Å². The van der Waals surface area contributed by atoms with Gasteiger partial charge < -0.3 is 5.32 Å². The standard InChI is InChI=1S/C16H18N2/c1-3-10-18-13(2)14-4-6-15(7-5-14)16-8-11-17-12-9-16/h3-9,11-13,18H,1,10H2,2H3. The molecule has 1 atom stereocenters. The van der Waals surface area contributed by atoms with Crippen molar-refractivity contribution in [2.24, 2.45) is 0 Å². The summed E-state index contributed by atoms with van der Waals surface area (Å²) >= 11 is 0. The summed E-state index contributed by atoms with van der Waals surface area (Å²) in [5, 5.41) is 3.38. The molecule has 0 aliphatic rings. The van der Waals surface area contributed by atoms with Crippen molar-refractivity contribution in [3.8, 4) is 11.1 Å². The topological polar surface area (TPSA) is 24.9 Å². The highest BCUT2D eigenvalue weighted by molar-refractivity contribution is 5.62. The van der Waals surface area contributed by atoms with Crippen LogP contribution in [-0.2, 0) is 0 Å². The fourth-order valence-electron chi connectivity index (χ4n) is 1.89. The first-order valence-electron chi connectivity index (χ1n) is 6.16. The van der Waals surface area contributed by atoms with E-state index in [-0.39, 0.29) is 0 Å². The zero-order chi connectivity index (χ0) is 12.8. The van der Waals surface area contributed by atoms with Gasteiger partial charge in [0.2, 0.25) is 0 Å². The van der Waals surface area contributed by atoms with Crippen LogP contribution < -0.4 is 5.32 Å². The van der Waals surface area contributed by atoms with Gasteiger partial charge in [-0.1, -0.05) is 30.3 Å². The minimum absolute atomic E-state index is 0.342. The fourth-order valence-corrected chi connectivity index (χ4v) is 1.89. The van der Waals surface area contributed by atoms with Gasteiger partial charge >= 0.3 is 0 Å². The van der Waals surface area contributed by atoms with Crippen molar-refractivity contribution in [1.29, 1.82) is 0 Å². The highest BCUT2D eigenvalue weighted by Gasteiger charge is 2.03. The van der Waals surface area contributed by atoms with Crippen molar-refractivity contribution < 1.29 is 0 Å². The molecular formula is C16H18N2. The molecule has 0 amide bonds. The van der Waals surface area contributed by atoms with Crippen LogP contribution in [0.1, 0.15) is 18.5 Å². The molecule has 1 heterocycles. The maximum absolute atomic E-state index is 4.03. The van der Waals surface area contributed by atoms with Crippen LogP contribution in [0.2, 0.25) is 0 Å². The molecule has 0 saturated carbocycles. The number of nitrogens with zero attached hydrogens (tertiary/aromatic N) is 1. The molecule has 1 unspecified atom stereocenters. The fraction of sp³-hybridized carbons (Fsp3) is 0.188. The number of rotatable bonds is 5. The van der Waals surface area contributed by atoms with E-state index in [4.69, 9.17) is 0 Å². The molecule has 0 aliphatic heterocycles. The molecular weight excluding hydrogens is 220 g/mol. The number of pyridine rings is 1. The Morgan fingerprint density at radius 1 is 1.11 bits per heavy atom. The van der Waals surface area contributed by atoms with E-state index in [2.05, 4.69) is 48.1 Å². The van der Waals surface area contributed by atoms with Crippen LogP contribution in [0.5, 0.6) is 0 Å². The number of benzene rings is 1. The Morgan fingerprint density at radius 3 is 2.33 bits per heavy atom. The maximum Gasteiger partial charge on any atom is 0.0294 e. The minimum Gasteiger partial charge on any atom is -0.307 e. The third-order valence-electron chi connectivity index (χ3n) is 2.99. The van der Waals surface area contributed by atoms with E-state index in [1.54, 1.807) is 0 Å². The first-order valence-corrected chi connectivity index (χ1v) is 6.16. The van der Waals surface area contributed by atoms with Crippen molar-refractivity contribution >= 4 is 0 Å². The second-order valence-electron chi connectivity index (χ2n) is 4.28. The van der Waals surface area contributed by atoms with E-state index in [9.17, 15) is 0 Å². The summed E-state index contributed by atoms with van der Waals surface area (Å²) < 4.78 is 0. The summed E-state index contributed by atoms with van der Waals surface area (Å²) in [6, 6.07) is 13.0. The first-order chi connectivity index (χ1) is 8.81. The van der Waals surface area contributed by atoms with Crippen LogP contribution in [0.4, 0.5) is 0 Å². The van der Waals surface area contributed by atoms with Crippen molar-refractivity contribution in [3.63, 3.8) is 0 Å². The zero-order valence-electron chi connectivity index (χ0n) is 10.6. The molecule has 1 N–H and O–H groups in total. The van der Waals surface area contributed by atoms with Crippen molar-refractivity contribution in [2.75, 3.05) is 6.54 Å². The SMILES string of the molecule is C=CCNC(C)c1ccc(-c2ccncc2)cc1. The molecule has 0 radical (unpaired) electrons. The normalized spacial score (nSPS) is 12.1. The van der Waals surface area contributed by atoms with Gasteiger partial charge in [-0.2, -0.15) is 0 Å². The van der Waals surface area contributed by atoms with Crippen molar-refractivity contribution in [2.45, 2.75) is 13.0 Å². The van der Waals surface area contributed by atoms with E-state index in [0.29, 0.717) is 6.04 Å². The molecule has 2 aromatic rings. The van der Waals surface area contributed by atoms with E-state index < -0.39 is 0 Å². The smallest absolute Gasteiger partial charge is 0.0294 e. The quantitative estimate of drug-likeness (QED) is 0.805. The lowest BCUT2D eigenvalue weighted by atomic mass is 10.0. The second-order valence-corrected chi connectivity index (χ2v) is 4.28. The van der Waals surface area contributed by atoms with Gasteiger partial charge in [-0.15, -0.1) is 6.58 Å². The molecule has 2 heteroatoms. The summed E-state index contributed by atoms with van der Waals surface area (Å²) in [6.45, 7) is 6.70. The Labute approximate surface area is 108 Å². The van der Waals surface area contributed by atoms with Crippen molar-refractivity contribution in [1.82, 2.24) is 10.3 Å². The van der Waals surface area contributed by atoms with Crippen LogP contribution in [0, 0.1) is 0 Å². The van der Waals surface area contributed by atoms with Crippen LogP contribution >= 0.6 is 0 Å². The Kier molecular flexibility index (Phi) is 4.26. The third kappa shape index (κ3) is 3.05. The summed E-state index contributed by atoms with van der Waals surface area (Å²) in [4.78, 5) is 4.03. The van der Waals surface area contributed by atoms with E-state index in [1.807, 2.05) is 30.6 Å². The van der Waals surface area contributed by atoms with Crippen LogP contribution in [0.25, 0.3) is 11.1 Å². The summed E-state index contributed by atoms with van der Waals surface area (Å²) in [6.07, 6.45) is 5.51.